The maximum Gasteiger partial charge on any atom is 0.163 e. The molecule has 3 aromatic rings. The largest absolute Gasteiger partial charge is 0.494 e. The first kappa shape index (κ1) is 32.7. The SMILES string of the molecule is CCCCCCCCCCCCCCCOc1ccc2cc(OCc3ccc(C(=O)C[C@H](C)CC)cc3)ccc2c1. The fraction of sp³-hybridized carbons (Fsp3) is 0.553. The molecule has 0 fully saturated rings. The van der Waals surface area contributed by atoms with Gasteiger partial charge in [-0.05, 0) is 52.9 Å². The smallest absolute Gasteiger partial charge is 0.163 e. The third kappa shape index (κ3) is 12.7. The summed E-state index contributed by atoms with van der Waals surface area (Å²) in [6.07, 6.45) is 19.4. The molecule has 41 heavy (non-hydrogen) atoms. The average molecular weight is 559 g/mol. The lowest BCUT2D eigenvalue weighted by molar-refractivity contribution is 0.0963. The number of fused-ring (bicyclic) bond motifs is 1. The molecule has 0 unspecified atom stereocenters. The fourth-order valence-corrected chi connectivity index (χ4v) is 5.22. The van der Waals surface area contributed by atoms with Gasteiger partial charge in [-0.2, -0.15) is 0 Å². The lowest BCUT2D eigenvalue weighted by Gasteiger charge is -2.10. The summed E-state index contributed by atoms with van der Waals surface area (Å²) in [7, 11) is 0. The Labute approximate surface area is 250 Å². The molecule has 0 aliphatic heterocycles. The maximum absolute atomic E-state index is 12.4. The van der Waals surface area contributed by atoms with E-state index in [0.29, 0.717) is 18.9 Å². The van der Waals surface area contributed by atoms with Gasteiger partial charge < -0.3 is 9.47 Å². The highest BCUT2D eigenvalue weighted by molar-refractivity contribution is 5.96. The van der Waals surface area contributed by atoms with Crippen molar-refractivity contribution < 1.29 is 14.3 Å². The molecular formula is C38H54O3. The standard InChI is InChI=1S/C38H54O3/c1-4-6-7-8-9-10-11-12-13-14-15-16-17-26-40-36-24-22-35-29-37(25-23-34(35)28-36)41-30-32-18-20-33(21-19-32)38(39)27-31(3)5-2/h18-25,28-29,31H,4-17,26-27,30H2,1-3H3/t31-/m1/s1. The quantitative estimate of drug-likeness (QED) is 0.0908. The maximum atomic E-state index is 12.4. The molecule has 0 bridgehead atoms. The second-order valence-electron chi connectivity index (χ2n) is 11.9. The summed E-state index contributed by atoms with van der Waals surface area (Å²) < 4.78 is 12.1. The minimum absolute atomic E-state index is 0.217. The summed E-state index contributed by atoms with van der Waals surface area (Å²) in [5, 5.41) is 2.30. The minimum atomic E-state index is 0.217. The summed E-state index contributed by atoms with van der Waals surface area (Å²) in [6, 6.07) is 20.3. The average Bonchev–Trinajstić information content (AvgIpc) is 3.00. The van der Waals surface area contributed by atoms with E-state index < -0.39 is 0 Å². The molecule has 0 saturated heterocycles. The summed E-state index contributed by atoms with van der Waals surface area (Å²) in [5.74, 6) is 2.42. The van der Waals surface area contributed by atoms with E-state index in [9.17, 15) is 4.79 Å². The number of ether oxygens (including phenoxy) is 2. The Hall–Kier alpha value is -2.81. The molecule has 0 heterocycles. The number of unbranched alkanes of at least 4 members (excludes halogenated alkanes) is 12. The molecule has 0 N–H and O–H groups in total. The van der Waals surface area contributed by atoms with Crippen molar-refractivity contribution in [3.63, 3.8) is 0 Å². The predicted octanol–water partition coefficient (Wildman–Crippen LogP) is 11.5. The fourth-order valence-electron chi connectivity index (χ4n) is 5.22. The van der Waals surface area contributed by atoms with Crippen LogP contribution in [0, 0.1) is 5.92 Å². The second-order valence-corrected chi connectivity index (χ2v) is 11.9. The van der Waals surface area contributed by atoms with Crippen LogP contribution >= 0.6 is 0 Å². The Bertz CT molecular complexity index is 1130. The number of hydrogen-bond donors (Lipinski definition) is 0. The number of carbonyl (C=O) groups is 1. The molecule has 0 saturated carbocycles. The highest BCUT2D eigenvalue weighted by Crippen LogP contribution is 2.26. The normalized spacial score (nSPS) is 12.0. The Balaban J connectivity index is 1.30. The van der Waals surface area contributed by atoms with Gasteiger partial charge in [0.1, 0.15) is 18.1 Å². The van der Waals surface area contributed by atoms with Crippen LogP contribution in [0.4, 0.5) is 0 Å². The third-order valence-electron chi connectivity index (χ3n) is 8.21. The third-order valence-corrected chi connectivity index (χ3v) is 8.21. The van der Waals surface area contributed by atoms with Gasteiger partial charge in [0.15, 0.2) is 5.78 Å². The lowest BCUT2D eigenvalue weighted by Crippen LogP contribution is -2.05. The van der Waals surface area contributed by atoms with E-state index in [2.05, 4.69) is 51.1 Å². The van der Waals surface area contributed by atoms with E-state index in [4.69, 9.17) is 9.47 Å². The molecule has 0 amide bonds. The van der Waals surface area contributed by atoms with Crippen molar-refractivity contribution >= 4 is 16.6 Å². The zero-order valence-electron chi connectivity index (χ0n) is 26.1. The van der Waals surface area contributed by atoms with Crippen LogP contribution in [0.3, 0.4) is 0 Å². The molecule has 1 atom stereocenters. The molecule has 3 rings (SSSR count). The van der Waals surface area contributed by atoms with Crippen LogP contribution in [0.1, 0.15) is 133 Å². The van der Waals surface area contributed by atoms with Crippen molar-refractivity contribution in [1.29, 1.82) is 0 Å². The van der Waals surface area contributed by atoms with Gasteiger partial charge in [-0.25, -0.2) is 0 Å². The van der Waals surface area contributed by atoms with Crippen molar-refractivity contribution in [2.75, 3.05) is 6.61 Å². The van der Waals surface area contributed by atoms with Gasteiger partial charge in [0.05, 0.1) is 6.61 Å². The Morgan fingerprint density at radius 1 is 0.634 bits per heavy atom. The molecule has 224 valence electrons. The first-order valence-corrected chi connectivity index (χ1v) is 16.5. The summed E-state index contributed by atoms with van der Waals surface area (Å²) in [4.78, 5) is 12.4. The van der Waals surface area contributed by atoms with Crippen molar-refractivity contribution in [3.8, 4) is 11.5 Å². The van der Waals surface area contributed by atoms with Crippen LogP contribution in [-0.4, -0.2) is 12.4 Å². The van der Waals surface area contributed by atoms with Gasteiger partial charge in [-0.3, -0.25) is 4.79 Å². The first-order valence-electron chi connectivity index (χ1n) is 16.5. The van der Waals surface area contributed by atoms with E-state index in [1.807, 2.05) is 30.3 Å². The monoisotopic (exact) mass is 558 g/mol. The van der Waals surface area contributed by atoms with E-state index in [-0.39, 0.29) is 5.78 Å². The number of Topliss-reactive ketones (excluding diaryl/α,β-unsaturated/α-hetero) is 1. The predicted molar refractivity (Wildman–Crippen MR) is 174 cm³/mol. The summed E-state index contributed by atoms with van der Waals surface area (Å²) in [5.41, 5.74) is 1.84. The number of rotatable bonds is 22. The zero-order chi connectivity index (χ0) is 29.1. The topological polar surface area (TPSA) is 35.5 Å². The van der Waals surface area contributed by atoms with Gasteiger partial charge in [0.2, 0.25) is 0 Å². The van der Waals surface area contributed by atoms with E-state index in [1.165, 1.54) is 77.0 Å². The highest BCUT2D eigenvalue weighted by atomic mass is 16.5. The molecule has 0 aliphatic rings. The molecular weight excluding hydrogens is 504 g/mol. The van der Waals surface area contributed by atoms with Crippen LogP contribution in [0.2, 0.25) is 0 Å². The molecule has 3 heteroatoms. The van der Waals surface area contributed by atoms with Gasteiger partial charge in [0, 0.05) is 12.0 Å². The lowest BCUT2D eigenvalue weighted by atomic mass is 9.97. The van der Waals surface area contributed by atoms with E-state index >= 15 is 0 Å². The first-order chi connectivity index (χ1) is 20.1. The summed E-state index contributed by atoms with van der Waals surface area (Å²) in [6.45, 7) is 7.79. The number of hydrogen-bond acceptors (Lipinski definition) is 3. The molecule has 0 radical (unpaired) electrons. The van der Waals surface area contributed by atoms with Crippen molar-refractivity contribution in [2.45, 2.75) is 124 Å². The van der Waals surface area contributed by atoms with Crippen molar-refractivity contribution in [3.05, 3.63) is 71.8 Å². The van der Waals surface area contributed by atoms with Crippen LogP contribution in [-0.2, 0) is 6.61 Å². The van der Waals surface area contributed by atoms with Gasteiger partial charge in [-0.1, -0.05) is 141 Å². The Morgan fingerprint density at radius 2 is 1.15 bits per heavy atom. The number of ketones is 1. The van der Waals surface area contributed by atoms with E-state index in [0.717, 1.165) is 52.8 Å². The van der Waals surface area contributed by atoms with Gasteiger partial charge in [0.25, 0.3) is 0 Å². The molecule has 3 nitrogen and oxygen atoms in total. The van der Waals surface area contributed by atoms with Crippen molar-refractivity contribution in [2.24, 2.45) is 5.92 Å². The van der Waals surface area contributed by atoms with Gasteiger partial charge in [-0.15, -0.1) is 0 Å². The number of benzene rings is 3. The Kier molecular flexibility index (Phi) is 15.4. The summed E-state index contributed by atoms with van der Waals surface area (Å²) >= 11 is 0. The zero-order valence-corrected chi connectivity index (χ0v) is 26.1. The van der Waals surface area contributed by atoms with Crippen LogP contribution < -0.4 is 9.47 Å². The van der Waals surface area contributed by atoms with Gasteiger partial charge >= 0.3 is 0 Å². The molecule has 0 spiro atoms. The molecule has 0 aromatic heterocycles. The molecule has 3 aromatic carbocycles. The van der Waals surface area contributed by atoms with Crippen molar-refractivity contribution in [1.82, 2.24) is 0 Å². The molecule has 0 aliphatic carbocycles. The Morgan fingerprint density at radius 3 is 1.68 bits per heavy atom. The number of carbonyl (C=O) groups excluding carboxylic acids is 1. The minimum Gasteiger partial charge on any atom is -0.494 e. The van der Waals surface area contributed by atoms with E-state index in [1.54, 1.807) is 0 Å². The van der Waals surface area contributed by atoms with Crippen LogP contribution in [0.25, 0.3) is 10.8 Å². The van der Waals surface area contributed by atoms with Crippen LogP contribution in [0.5, 0.6) is 11.5 Å². The highest BCUT2D eigenvalue weighted by Gasteiger charge is 2.10. The van der Waals surface area contributed by atoms with Crippen LogP contribution in [0.15, 0.2) is 60.7 Å². The second kappa shape index (κ2) is 19.3.